The van der Waals surface area contributed by atoms with E-state index in [-0.39, 0.29) is 11.7 Å². The van der Waals surface area contributed by atoms with Gasteiger partial charge in [-0.25, -0.2) is 0 Å². The van der Waals surface area contributed by atoms with E-state index < -0.39 is 11.7 Å². The normalized spacial score (nSPS) is 11.4. The van der Waals surface area contributed by atoms with Crippen LogP contribution in [0.1, 0.15) is 5.56 Å². The van der Waals surface area contributed by atoms with E-state index in [4.69, 9.17) is 10.5 Å². The molecule has 0 atom stereocenters. The third kappa shape index (κ3) is 3.72. The summed E-state index contributed by atoms with van der Waals surface area (Å²) >= 11 is 2.07. The van der Waals surface area contributed by atoms with Gasteiger partial charge in [-0.1, -0.05) is 6.07 Å². The smallest absolute Gasteiger partial charge is 0.416 e. The summed E-state index contributed by atoms with van der Waals surface area (Å²) in [6.45, 7) is 0. The molecular weight excluding hydrogens is 372 g/mol. The monoisotopic (exact) mass is 380 g/mol. The number of hydrogen-bond acceptors (Lipinski definition) is 3. The highest BCUT2D eigenvalue weighted by Gasteiger charge is 2.31. The highest BCUT2D eigenvalue weighted by Crippen LogP contribution is 2.33. The fourth-order valence-corrected chi connectivity index (χ4v) is 1.91. The van der Waals surface area contributed by atoms with Crippen molar-refractivity contribution in [2.24, 2.45) is 0 Å². The summed E-state index contributed by atoms with van der Waals surface area (Å²) in [5, 5.41) is 0. The van der Waals surface area contributed by atoms with E-state index >= 15 is 0 Å². The van der Waals surface area contributed by atoms with Crippen LogP contribution >= 0.6 is 22.6 Å². The Kier molecular flexibility index (Phi) is 3.83. The molecule has 0 spiro atoms. The quantitative estimate of drug-likeness (QED) is 0.799. The van der Waals surface area contributed by atoms with Gasteiger partial charge in [0, 0.05) is 9.64 Å². The van der Waals surface area contributed by atoms with Crippen LogP contribution in [-0.4, -0.2) is 4.98 Å². The Labute approximate surface area is 120 Å². The molecule has 0 fully saturated rings. The average Bonchev–Trinajstić information content (AvgIpc) is 2.26. The minimum Gasteiger partial charge on any atom is -0.439 e. The van der Waals surface area contributed by atoms with Gasteiger partial charge >= 0.3 is 6.18 Å². The van der Waals surface area contributed by atoms with Crippen LogP contribution in [0, 0.1) is 3.57 Å². The van der Waals surface area contributed by atoms with Gasteiger partial charge < -0.3 is 10.5 Å². The number of alkyl halides is 3. The molecule has 0 unspecified atom stereocenters. The summed E-state index contributed by atoms with van der Waals surface area (Å²) in [6, 6.07) is 8.45. The number of anilines is 1. The molecule has 7 heteroatoms. The molecule has 0 radical (unpaired) electrons. The van der Waals surface area contributed by atoms with Crippen LogP contribution < -0.4 is 10.5 Å². The zero-order chi connectivity index (χ0) is 14.0. The number of nitrogens with two attached hydrogens (primary N) is 1. The highest BCUT2D eigenvalue weighted by atomic mass is 127. The Hall–Kier alpha value is -1.51. The standard InChI is InChI=1S/C12H8F3IN2O/c13-12(14,15)7-4-10(17)18-11(5-7)19-9-3-1-2-8(16)6-9/h1-6H,(H2,17,18). The lowest BCUT2D eigenvalue weighted by Crippen LogP contribution is -2.07. The largest absolute Gasteiger partial charge is 0.439 e. The summed E-state index contributed by atoms with van der Waals surface area (Å²) in [4.78, 5) is 3.73. The third-order valence-corrected chi connectivity index (χ3v) is 2.84. The number of halogens is 4. The topological polar surface area (TPSA) is 48.1 Å². The molecule has 3 nitrogen and oxygen atoms in total. The maximum absolute atomic E-state index is 12.6. The van der Waals surface area contributed by atoms with E-state index in [9.17, 15) is 13.2 Å². The molecule has 0 aliphatic heterocycles. The van der Waals surface area contributed by atoms with Gasteiger partial charge in [-0.2, -0.15) is 18.2 Å². The fourth-order valence-electron chi connectivity index (χ4n) is 1.39. The molecule has 0 saturated carbocycles. The fraction of sp³-hybridized carbons (Fsp3) is 0.0833. The van der Waals surface area contributed by atoms with E-state index in [0.717, 1.165) is 15.7 Å². The van der Waals surface area contributed by atoms with Crippen molar-refractivity contribution >= 4 is 28.4 Å². The van der Waals surface area contributed by atoms with Crippen molar-refractivity contribution < 1.29 is 17.9 Å². The molecule has 2 N–H and O–H groups in total. The van der Waals surface area contributed by atoms with Gasteiger partial charge in [0.25, 0.3) is 0 Å². The molecule has 0 amide bonds. The second-order valence-electron chi connectivity index (χ2n) is 3.68. The Morgan fingerprint density at radius 2 is 1.89 bits per heavy atom. The first-order chi connectivity index (χ1) is 8.84. The molecule has 0 aliphatic rings. The van der Waals surface area contributed by atoms with Crippen LogP contribution in [-0.2, 0) is 6.18 Å². The van der Waals surface area contributed by atoms with Crippen molar-refractivity contribution in [1.29, 1.82) is 0 Å². The molecule has 2 rings (SSSR count). The predicted octanol–water partition coefficient (Wildman–Crippen LogP) is 4.08. The summed E-state index contributed by atoms with van der Waals surface area (Å²) < 4.78 is 44.0. The zero-order valence-corrected chi connectivity index (χ0v) is 11.6. The van der Waals surface area contributed by atoms with Crippen molar-refractivity contribution in [2.45, 2.75) is 6.18 Å². The van der Waals surface area contributed by atoms with Crippen LogP contribution in [0.4, 0.5) is 19.0 Å². The van der Waals surface area contributed by atoms with Gasteiger partial charge in [0.15, 0.2) is 0 Å². The summed E-state index contributed by atoms with van der Waals surface area (Å²) in [6.07, 6.45) is -4.49. The van der Waals surface area contributed by atoms with Crippen molar-refractivity contribution in [2.75, 3.05) is 5.73 Å². The molecule has 2 aromatic rings. The van der Waals surface area contributed by atoms with Gasteiger partial charge in [0.05, 0.1) is 5.56 Å². The lowest BCUT2D eigenvalue weighted by Gasteiger charge is -2.10. The van der Waals surface area contributed by atoms with Gasteiger partial charge in [0.2, 0.25) is 5.88 Å². The molecule has 0 bridgehead atoms. The number of aromatic nitrogens is 1. The zero-order valence-electron chi connectivity index (χ0n) is 9.41. The highest BCUT2D eigenvalue weighted by molar-refractivity contribution is 14.1. The average molecular weight is 380 g/mol. The number of hydrogen-bond donors (Lipinski definition) is 1. The number of pyridine rings is 1. The van der Waals surface area contributed by atoms with Gasteiger partial charge in [-0.15, -0.1) is 0 Å². The number of nitrogen functional groups attached to an aromatic ring is 1. The summed E-state index contributed by atoms with van der Waals surface area (Å²) in [5.41, 5.74) is 4.46. The summed E-state index contributed by atoms with van der Waals surface area (Å²) in [5.74, 6) is -0.0251. The second-order valence-corrected chi connectivity index (χ2v) is 4.92. The number of ether oxygens (including phenoxy) is 1. The molecule has 1 aromatic carbocycles. The van der Waals surface area contributed by atoms with Crippen LogP contribution in [0.25, 0.3) is 0 Å². The minimum absolute atomic E-state index is 0.186. The summed E-state index contributed by atoms with van der Waals surface area (Å²) in [7, 11) is 0. The van der Waals surface area contributed by atoms with Crippen LogP contribution in [0.3, 0.4) is 0 Å². The van der Waals surface area contributed by atoms with Crippen molar-refractivity contribution in [1.82, 2.24) is 4.98 Å². The Morgan fingerprint density at radius 1 is 1.16 bits per heavy atom. The lowest BCUT2D eigenvalue weighted by atomic mass is 10.2. The number of rotatable bonds is 2. The van der Waals surface area contributed by atoms with E-state index in [0.29, 0.717) is 5.75 Å². The molecule has 1 aromatic heterocycles. The van der Waals surface area contributed by atoms with Gasteiger partial charge in [0.1, 0.15) is 11.6 Å². The van der Waals surface area contributed by atoms with Crippen LogP contribution in [0.15, 0.2) is 36.4 Å². The molecule has 1 heterocycles. The first-order valence-electron chi connectivity index (χ1n) is 5.13. The van der Waals surface area contributed by atoms with Crippen LogP contribution in [0.5, 0.6) is 11.6 Å². The Morgan fingerprint density at radius 3 is 2.53 bits per heavy atom. The SMILES string of the molecule is Nc1cc(C(F)(F)F)cc(Oc2cccc(I)c2)n1. The maximum atomic E-state index is 12.6. The third-order valence-electron chi connectivity index (χ3n) is 2.17. The lowest BCUT2D eigenvalue weighted by molar-refractivity contribution is -0.137. The van der Waals surface area contributed by atoms with E-state index in [2.05, 4.69) is 27.6 Å². The molecule has 0 saturated heterocycles. The van der Waals surface area contributed by atoms with E-state index in [1.165, 1.54) is 0 Å². The Bertz CT molecular complexity index is 602. The maximum Gasteiger partial charge on any atom is 0.416 e. The number of benzene rings is 1. The number of nitrogens with zero attached hydrogens (tertiary/aromatic N) is 1. The Balaban J connectivity index is 2.33. The van der Waals surface area contributed by atoms with Gasteiger partial charge in [-0.05, 0) is 46.9 Å². The van der Waals surface area contributed by atoms with E-state index in [1.807, 2.05) is 6.07 Å². The predicted molar refractivity (Wildman–Crippen MR) is 72.9 cm³/mol. The first kappa shape index (κ1) is 13.9. The second kappa shape index (κ2) is 5.24. The molecule has 100 valence electrons. The van der Waals surface area contributed by atoms with Crippen molar-refractivity contribution in [3.8, 4) is 11.6 Å². The molecule has 19 heavy (non-hydrogen) atoms. The molecule has 0 aliphatic carbocycles. The molecular formula is C12H8F3IN2O. The minimum atomic E-state index is -4.49. The van der Waals surface area contributed by atoms with Gasteiger partial charge in [-0.3, -0.25) is 0 Å². The van der Waals surface area contributed by atoms with Crippen LogP contribution in [0.2, 0.25) is 0 Å². The first-order valence-corrected chi connectivity index (χ1v) is 6.20. The van der Waals surface area contributed by atoms with Crippen molar-refractivity contribution in [3.05, 3.63) is 45.5 Å². The van der Waals surface area contributed by atoms with E-state index in [1.54, 1.807) is 18.2 Å². The van der Waals surface area contributed by atoms with Crippen molar-refractivity contribution in [3.63, 3.8) is 0 Å².